The van der Waals surface area contributed by atoms with Gasteiger partial charge in [-0.3, -0.25) is 9.78 Å². The average molecular weight is 854 g/mol. The maximum absolute atomic E-state index is 12.2. The third-order valence-electron chi connectivity index (χ3n) is 10.5. The number of nitrogens with zero attached hydrogens (tertiary/aromatic N) is 2. The molecule has 3 heterocycles. The number of aryl methyl sites for hydroxylation is 1. The zero-order valence-corrected chi connectivity index (χ0v) is 33.7. The molecular weight excluding hydrogens is 805 g/mol. The van der Waals surface area contributed by atoms with Crippen molar-refractivity contribution in [1.29, 1.82) is 0 Å². The molecule has 1 radical (unpaired) electrons. The zero-order valence-electron chi connectivity index (χ0n) is 30.5. The first-order chi connectivity index (χ1) is 22.7. The first-order valence-electron chi connectivity index (χ1n) is 17.2. The summed E-state index contributed by atoms with van der Waals surface area (Å²) in [5.41, 5.74) is 3.57. The molecule has 0 unspecified atom stereocenters. The van der Waals surface area contributed by atoms with Crippen LogP contribution in [0.3, 0.4) is 0 Å². The molecule has 6 rings (SSSR count). The topological polar surface area (TPSA) is 76.2 Å². The van der Waals surface area contributed by atoms with Gasteiger partial charge in [-0.2, -0.15) is 0 Å². The molecule has 3 aromatic carbocycles. The number of furan rings is 1. The van der Waals surface area contributed by atoms with Crippen LogP contribution in [-0.2, 0) is 30.3 Å². The van der Waals surface area contributed by atoms with Gasteiger partial charge in [0.2, 0.25) is 0 Å². The Morgan fingerprint density at radius 2 is 1.55 bits per heavy atom. The van der Waals surface area contributed by atoms with Gasteiger partial charge in [0.05, 0.1) is 0 Å². The van der Waals surface area contributed by atoms with Crippen LogP contribution in [0.15, 0.2) is 71.1 Å². The monoisotopic (exact) mass is 854 g/mol. The molecule has 0 fully saturated rings. The van der Waals surface area contributed by atoms with E-state index in [0.717, 1.165) is 74.0 Å². The molecule has 0 amide bonds. The van der Waals surface area contributed by atoms with E-state index in [1.807, 2.05) is 48.5 Å². The second kappa shape index (κ2) is 14.8. The van der Waals surface area contributed by atoms with Gasteiger partial charge in [-0.25, -0.2) is 4.98 Å². The Hall–Kier alpha value is -3.38. The van der Waals surface area contributed by atoms with Crippen molar-refractivity contribution < 1.29 is 34.4 Å². The maximum atomic E-state index is 12.2. The van der Waals surface area contributed by atoms with E-state index in [4.69, 9.17) is 9.40 Å². The molecule has 7 heteroatoms. The van der Waals surface area contributed by atoms with Crippen molar-refractivity contribution in [3.8, 4) is 11.3 Å². The number of carbonyl (C=O) groups is 1. The predicted molar refractivity (Wildman–Crippen MR) is 203 cm³/mol. The summed E-state index contributed by atoms with van der Waals surface area (Å²) in [6.45, 7) is 20.8. The summed E-state index contributed by atoms with van der Waals surface area (Å²) < 4.78 is 7.02. The molecule has 261 valence electrons. The van der Waals surface area contributed by atoms with Gasteiger partial charge in [-0.05, 0) is 61.6 Å². The van der Waals surface area contributed by atoms with Gasteiger partial charge in [-0.15, -0.1) is 40.5 Å². The van der Waals surface area contributed by atoms with E-state index in [2.05, 4.69) is 80.4 Å². The van der Waals surface area contributed by atoms with Gasteiger partial charge in [0.25, 0.3) is 0 Å². The molecule has 49 heavy (non-hydrogen) atoms. The zero-order chi connectivity index (χ0) is 35.0. The Morgan fingerprint density at radius 3 is 2.18 bits per heavy atom. The van der Waals surface area contributed by atoms with Crippen LogP contribution in [0.1, 0.15) is 99.3 Å². The SMILES string of the molecule is CCC(C)(CC)C(=O)/C=C(\O)C(C)(CC)CC.Cc1cc2cc3c(cc2o1)sc1ncnc(-c2[c-]c4ccccc4c(C(C)(C)C)c2)c13.[Ir]. The van der Waals surface area contributed by atoms with Crippen molar-refractivity contribution in [2.24, 2.45) is 10.8 Å². The van der Waals surface area contributed by atoms with Crippen LogP contribution in [0.4, 0.5) is 0 Å². The number of carbonyl (C=O) groups excluding carboxylic acids is 1. The smallest absolute Gasteiger partial charge is 0.164 e. The number of aliphatic hydroxyl groups is 1. The molecule has 0 aliphatic heterocycles. The Balaban J connectivity index is 0.000000260. The van der Waals surface area contributed by atoms with Crippen LogP contribution in [0.25, 0.3) is 53.3 Å². The van der Waals surface area contributed by atoms with E-state index in [9.17, 15) is 9.90 Å². The van der Waals surface area contributed by atoms with E-state index < -0.39 is 0 Å². The van der Waals surface area contributed by atoms with Gasteiger partial charge in [0, 0.05) is 58.2 Å². The maximum Gasteiger partial charge on any atom is 0.164 e. The number of hydrogen-bond acceptors (Lipinski definition) is 6. The third-order valence-corrected chi connectivity index (χ3v) is 11.5. The molecule has 5 nitrogen and oxygen atoms in total. The number of rotatable bonds is 8. The molecule has 0 spiro atoms. The molecule has 0 aliphatic rings. The predicted octanol–water partition coefficient (Wildman–Crippen LogP) is 12.5. The number of allylic oxidation sites excluding steroid dienone is 2. The Kier molecular flexibility index (Phi) is 11.6. The molecule has 3 aromatic heterocycles. The van der Waals surface area contributed by atoms with Gasteiger partial charge in [0.1, 0.15) is 28.3 Å². The minimum Gasteiger partial charge on any atom is -0.512 e. The summed E-state index contributed by atoms with van der Waals surface area (Å²) in [6.07, 6.45) is 6.42. The average Bonchev–Trinajstić information content (AvgIpc) is 3.63. The molecule has 1 N–H and O–H groups in total. The summed E-state index contributed by atoms with van der Waals surface area (Å²) in [6, 6.07) is 20.8. The number of fused-ring (bicyclic) bond motifs is 5. The fourth-order valence-corrected chi connectivity index (χ4v) is 7.19. The van der Waals surface area contributed by atoms with Crippen molar-refractivity contribution in [1.82, 2.24) is 9.97 Å². The van der Waals surface area contributed by atoms with E-state index in [1.54, 1.807) is 17.7 Å². The molecule has 0 saturated carbocycles. The standard InChI is InChI=1S/C27H21N2OS.C15H28O2.Ir/c1-15-9-17-11-20-23(13-22(17)30-15)31-26-24(20)25(28-14-29-26)18-10-16-7-5-6-8-19(16)21(12-18)27(2,3)4;1-7-14(5,8-2)12(16)11-13(17)15(6,9-3)10-4;/h5-9,11-14H,1-4H3;11,16H,7-10H2,1-6H3;/q-1;;/b;12-11-;. The van der Waals surface area contributed by atoms with E-state index in [-0.39, 0.29) is 47.9 Å². The fourth-order valence-electron chi connectivity index (χ4n) is 6.14. The van der Waals surface area contributed by atoms with E-state index in [0.29, 0.717) is 0 Å². The Labute approximate surface area is 308 Å². The summed E-state index contributed by atoms with van der Waals surface area (Å²) in [5.74, 6) is 1.21. The Morgan fingerprint density at radius 1 is 0.898 bits per heavy atom. The van der Waals surface area contributed by atoms with Crippen LogP contribution >= 0.6 is 11.3 Å². The second-order valence-electron chi connectivity index (χ2n) is 14.6. The number of hydrogen-bond donors (Lipinski definition) is 1. The summed E-state index contributed by atoms with van der Waals surface area (Å²) in [4.78, 5) is 22.5. The van der Waals surface area contributed by atoms with Crippen molar-refractivity contribution in [2.45, 2.75) is 100 Å². The Bertz CT molecular complexity index is 2140. The second-order valence-corrected chi connectivity index (χ2v) is 15.6. The van der Waals surface area contributed by atoms with Crippen molar-refractivity contribution in [3.63, 3.8) is 0 Å². The normalized spacial score (nSPS) is 12.7. The van der Waals surface area contributed by atoms with Crippen LogP contribution < -0.4 is 0 Å². The largest absolute Gasteiger partial charge is 0.512 e. The van der Waals surface area contributed by atoms with Gasteiger partial charge in [0.15, 0.2) is 5.78 Å². The van der Waals surface area contributed by atoms with Gasteiger partial charge in [-0.1, -0.05) is 91.5 Å². The van der Waals surface area contributed by atoms with Crippen LogP contribution in [-0.4, -0.2) is 20.9 Å². The van der Waals surface area contributed by atoms with Crippen LogP contribution in [0, 0.1) is 23.8 Å². The number of thiophene rings is 1. The van der Waals surface area contributed by atoms with Crippen molar-refractivity contribution in [3.05, 3.63) is 84.1 Å². The number of aliphatic hydroxyl groups excluding tert-OH is 1. The van der Waals surface area contributed by atoms with Crippen LogP contribution in [0.5, 0.6) is 0 Å². The number of benzene rings is 3. The summed E-state index contributed by atoms with van der Waals surface area (Å²) >= 11 is 1.68. The quantitative estimate of drug-likeness (QED) is 0.0938. The van der Waals surface area contributed by atoms with Gasteiger partial charge < -0.3 is 9.52 Å². The van der Waals surface area contributed by atoms with Crippen molar-refractivity contribution >= 4 is 59.2 Å². The molecule has 0 saturated heterocycles. The molecular formula is C42H49IrN2O3S-. The van der Waals surface area contributed by atoms with Crippen molar-refractivity contribution in [2.75, 3.05) is 0 Å². The molecule has 6 aromatic rings. The first-order valence-corrected chi connectivity index (χ1v) is 18.0. The molecule has 0 atom stereocenters. The van der Waals surface area contributed by atoms with Gasteiger partial charge >= 0.3 is 0 Å². The van der Waals surface area contributed by atoms with E-state index >= 15 is 0 Å². The summed E-state index contributed by atoms with van der Waals surface area (Å²) in [5, 5.41) is 15.9. The van der Waals surface area contributed by atoms with E-state index in [1.165, 1.54) is 22.4 Å². The summed E-state index contributed by atoms with van der Waals surface area (Å²) in [7, 11) is 0. The molecule has 0 aliphatic carbocycles. The minimum absolute atomic E-state index is 0. The fraction of sp³-hybridized carbons (Fsp3) is 0.405. The first kappa shape index (κ1) is 38.4. The number of ketones is 1. The molecule has 0 bridgehead atoms. The third kappa shape index (κ3) is 7.55. The van der Waals surface area contributed by atoms with Crippen LogP contribution in [0.2, 0.25) is 0 Å². The number of aromatic nitrogens is 2. The minimum atomic E-state index is -0.337.